The van der Waals surface area contributed by atoms with Crippen LogP contribution >= 0.6 is 15.9 Å². The van der Waals surface area contributed by atoms with Gasteiger partial charge in [0.2, 0.25) is 0 Å². The Morgan fingerprint density at radius 2 is 2.16 bits per heavy atom. The van der Waals surface area contributed by atoms with Crippen LogP contribution in [0.15, 0.2) is 27.2 Å². The second kappa shape index (κ2) is 5.26. The molecule has 2 N–H and O–H groups in total. The molecule has 102 valence electrons. The van der Waals surface area contributed by atoms with Crippen molar-refractivity contribution in [3.63, 3.8) is 0 Å². The molecular weight excluding hydrogens is 317 g/mol. The smallest absolute Gasteiger partial charge is 0.264 e. The first-order valence-corrected chi connectivity index (χ1v) is 6.35. The third-order valence-electron chi connectivity index (χ3n) is 2.24. The summed E-state index contributed by atoms with van der Waals surface area (Å²) in [7, 11) is 0. The molecule has 0 aliphatic carbocycles. The molecule has 0 atom stereocenters. The Balaban J connectivity index is 2.04. The van der Waals surface area contributed by atoms with E-state index in [2.05, 4.69) is 26.1 Å². The van der Waals surface area contributed by atoms with Gasteiger partial charge in [0, 0.05) is 10.5 Å². The maximum Gasteiger partial charge on any atom is 0.264 e. The van der Waals surface area contributed by atoms with Crippen LogP contribution in [0.4, 0.5) is 4.39 Å². The van der Waals surface area contributed by atoms with E-state index in [0.717, 1.165) is 0 Å². The van der Waals surface area contributed by atoms with Gasteiger partial charge in [-0.15, -0.1) is 0 Å². The lowest BCUT2D eigenvalue weighted by atomic mass is 10.1. The van der Waals surface area contributed by atoms with Crippen molar-refractivity contribution in [2.45, 2.75) is 26.0 Å². The SMILES string of the molecule is CC(C)(N)c1noc(COc2cc(F)cc(Br)c2)n1. The Bertz CT molecular complexity index is 560. The van der Waals surface area contributed by atoms with Gasteiger partial charge in [-0.1, -0.05) is 21.1 Å². The van der Waals surface area contributed by atoms with E-state index in [0.29, 0.717) is 16.0 Å². The molecule has 0 aliphatic rings. The monoisotopic (exact) mass is 329 g/mol. The van der Waals surface area contributed by atoms with Crippen molar-refractivity contribution in [2.75, 3.05) is 0 Å². The van der Waals surface area contributed by atoms with Crippen LogP contribution in [0.3, 0.4) is 0 Å². The number of hydrogen-bond donors (Lipinski definition) is 1. The molecule has 1 heterocycles. The molecule has 1 aromatic carbocycles. The van der Waals surface area contributed by atoms with Gasteiger partial charge in [-0.05, 0) is 26.0 Å². The third-order valence-corrected chi connectivity index (χ3v) is 2.70. The van der Waals surface area contributed by atoms with E-state index in [1.165, 1.54) is 12.1 Å². The molecule has 0 unspecified atom stereocenters. The van der Waals surface area contributed by atoms with Gasteiger partial charge in [0.05, 0.1) is 5.54 Å². The maximum absolute atomic E-state index is 13.1. The third kappa shape index (κ3) is 3.74. The molecule has 0 aliphatic heterocycles. The Labute approximate surface area is 118 Å². The summed E-state index contributed by atoms with van der Waals surface area (Å²) in [5, 5.41) is 3.76. The van der Waals surface area contributed by atoms with Crippen LogP contribution < -0.4 is 10.5 Å². The van der Waals surface area contributed by atoms with Crippen molar-refractivity contribution in [1.82, 2.24) is 10.1 Å². The van der Waals surface area contributed by atoms with Crippen molar-refractivity contribution in [3.8, 4) is 5.75 Å². The molecule has 0 fully saturated rings. The fraction of sp³-hybridized carbons (Fsp3) is 0.333. The minimum absolute atomic E-state index is 0.0545. The topological polar surface area (TPSA) is 74.2 Å². The van der Waals surface area contributed by atoms with E-state index in [1.807, 2.05) is 0 Å². The predicted molar refractivity (Wildman–Crippen MR) is 69.9 cm³/mol. The molecular formula is C12H13BrFN3O2. The lowest BCUT2D eigenvalue weighted by molar-refractivity contribution is 0.241. The van der Waals surface area contributed by atoms with Crippen LogP contribution in [0.25, 0.3) is 0 Å². The fourth-order valence-corrected chi connectivity index (χ4v) is 1.78. The summed E-state index contributed by atoms with van der Waals surface area (Å²) < 4.78 is 24.1. The summed E-state index contributed by atoms with van der Waals surface area (Å²) in [6.45, 7) is 3.59. The number of hydrogen-bond acceptors (Lipinski definition) is 5. The lowest BCUT2D eigenvalue weighted by Crippen LogP contribution is -2.30. The Morgan fingerprint density at radius 1 is 1.42 bits per heavy atom. The number of nitrogens with two attached hydrogens (primary N) is 1. The van der Waals surface area contributed by atoms with E-state index in [-0.39, 0.29) is 12.5 Å². The second-order valence-electron chi connectivity index (χ2n) is 4.63. The van der Waals surface area contributed by atoms with Gasteiger partial charge in [-0.3, -0.25) is 0 Å². The second-order valence-corrected chi connectivity index (χ2v) is 5.54. The quantitative estimate of drug-likeness (QED) is 0.933. The molecule has 7 heteroatoms. The highest BCUT2D eigenvalue weighted by Crippen LogP contribution is 2.21. The number of rotatable bonds is 4. The summed E-state index contributed by atoms with van der Waals surface area (Å²) in [5.41, 5.74) is 5.16. The molecule has 5 nitrogen and oxygen atoms in total. The van der Waals surface area contributed by atoms with Crippen LogP contribution in [0.5, 0.6) is 5.75 Å². The molecule has 0 radical (unpaired) electrons. The average molecular weight is 330 g/mol. The largest absolute Gasteiger partial charge is 0.484 e. The number of nitrogens with zero attached hydrogens (tertiary/aromatic N) is 2. The molecule has 2 aromatic rings. The summed E-state index contributed by atoms with van der Waals surface area (Å²) in [6, 6.07) is 4.26. The van der Waals surface area contributed by atoms with Gasteiger partial charge in [0.15, 0.2) is 12.4 Å². The maximum atomic E-state index is 13.1. The summed E-state index contributed by atoms with van der Waals surface area (Å²) >= 11 is 3.18. The Morgan fingerprint density at radius 3 is 2.74 bits per heavy atom. The van der Waals surface area contributed by atoms with Gasteiger partial charge < -0.3 is 15.0 Å². The Hall–Kier alpha value is -1.47. The molecule has 0 spiro atoms. The van der Waals surface area contributed by atoms with Gasteiger partial charge in [-0.25, -0.2) is 4.39 Å². The van der Waals surface area contributed by atoms with E-state index in [9.17, 15) is 4.39 Å². The number of benzene rings is 1. The number of halogens is 2. The first-order valence-electron chi connectivity index (χ1n) is 5.55. The highest BCUT2D eigenvalue weighted by Gasteiger charge is 2.21. The van der Waals surface area contributed by atoms with E-state index in [1.54, 1.807) is 19.9 Å². The zero-order valence-corrected chi connectivity index (χ0v) is 12.1. The minimum atomic E-state index is -0.677. The average Bonchev–Trinajstić information content (AvgIpc) is 2.73. The molecule has 2 rings (SSSR count). The Kier molecular flexibility index (Phi) is 3.86. The van der Waals surface area contributed by atoms with Crippen LogP contribution in [-0.4, -0.2) is 10.1 Å². The first kappa shape index (κ1) is 14.0. The lowest BCUT2D eigenvalue weighted by Gasteiger charge is -2.11. The van der Waals surface area contributed by atoms with Crippen LogP contribution in [0, 0.1) is 5.82 Å². The van der Waals surface area contributed by atoms with Crippen molar-refractivity contribution < 1.29 is 13.7 Å². The standard InChI is InChI=1S/C12H13BrFN3O2/c1-12(2,15)11-16-10(19-17-11)6-18-9-4-7(13)3-8(14)5-9/h3-5H,6,15H2,1-2H3. The van der Waals surface area contributed by atoms with Crippen LogP contribution in [0.1, 0.15) is 25.6 Å². The number of aromatic nitrogens is 2. The fourth-order valence-electron chi connectivity index (χ4n) is 1.33. The van der Waals surface area contributed by atoms with Gasteiger partial charge >= 0.3 is 0 Å². The highest BCUT2D eigenvalue weighted by atomic mass is 79.9. The van der Waals surface area contributed by atoms with Crippen LogP contribution in [-0.2, 0) is 12.1 Å². The summed E-state index contributed by atoms with van der Waals surface area (Å²) in [6.07, 6.45) is 0. The number of ether oxygens (including phenoxy) is 1. The van der Waals surface area contributed by atoms with Gasteiger partial charge in [0.1, 0.15) is 11.6 Å². The molecule has 0 amide bonds. The van der Waals surface area contributed by atoms with E-state index < -0.39 is 11.4 Å². The normalized spacial score (nSPS) is 11.6. The van der Waals surface area contributed by atoms with Crippen molar-refractivity contribution in [3.05, 3.63) is 40.2 Å². The minimum Gasteiger partial charge on any atom is -0.484 e. The molecule has 0 saturated carbocycles. The zero-order chi connectivity index (χ0) is 14.0. The van der Waals surface area contributed by atoms with Crippen molar-refractivity contribution in [1.29, 1.82) is 0 Å². The molecule has 1 aromatic heterocycles. The highest BCUT2D eigenvalue weighted by molar-refractivity contribution is 9.10. The van der Waals surface area contributed by atoms with Gasteiger partial charge in [0.25, 0.3) is 5.89 Å². The molecule has 0 saturated heterocycles. The van der Waals surface area contributed by atoms with Gasteiger partial charge in [-0.2, -0.15) is 4.98 Å². The summed E-state index contributed by atoms with van der Waals surface area (Å²) in [4.78, 5) is 4.11. The van der Waals surface area contributed by atoms with Crippen LogP contribution in [0.2, 0.25) is 0 Å². The van der Waals surface area contributed by atoms with E-state index in [4.69, 9.17) is 15.0 Å². The van der Waals surface area contributed by atoms with Crippen molar-refractivity contribution >= 4 is 15.9 Å². The predicted octanol–water partition coefficient (Wildman–Crippen LogP) is 2.74. The molecule has 19 heavy (non-hydrogen) atoms. The molecule has 0 bridgehead atoms. The van der Waals surface area contributed by atoms with Crippen molar-refractivity contribution in [2.24, 2.45) is 5.73 Å². The summed E-state index contributed by atoms with van der Waals surface area (Å²) in [5.74, 6) is 0.665. The first-order chi connectivity index (χ1) is 8.84. The van der Waals surface area contributed by atoms with E-state index >= 15 is 0 Å². The zero-order valence-electron chi connectivity index (χ0n) is 10.5.